The van der Waals surface area contributed by atoms with Gasteiger partial charge < -0.3 is 14.5 Å². The molecule has 5 heteroatoms. The third-order valence-electron chi connectivity index (χ3n) is 2.87. The van der Waals surface area contributed by atoms with E-state index in [0.29, 0.717) is 17.1 Å². The number of furan rings is 1. The van der Waals surface area contributed by atoms with Crippen LogP contribution in [0.5, 0.6) is 5.75 Å². The van der Waals surface area contributed by atoms with Gasteiger partial charge in [0.2, 0.25) is 5.78 Å². The van der Waals surface area contributed by atoms with Gasteiger partial charge in [0, 0.05) is 5.56 Å². The Labute approximate surface area is 116 Å². The zero-order valence-electron chi connectivity index (χ0n) is 11.3. The molecule has 5 nitrogen and oxygen atoms in total. The Morgan fingerprint density at radius 3 is 2.70 bits per heavy atom. The van der Waals surface area contributed by atoms with Crippen molar-refractivity contribution in [3.05, 3.63) is 53.5 Å². The summed E-state index contributed by atoms with van der Waals surface area (Å²) in [4.78, 5) is 23.7. The van der Waals surface area contributed by atoms with E-state index in [1.165, 1.54) is 6.26 Å². The lowest BCUT2D eigenvalue weighted by Gasteiger charge is -2.07. The molecule has 0 radical (unpaired) electrons. The maximum atomic E-state index is 12.0. The smallest absolute Gasteiger partial charge is 0.292 e. The molecule has 0 saturated heterocycles. The highest BCUT2D eigenvalue weighted by Gasteiger charge is 2.17. The molecule has 1 aromatic heterocycles. The lowest BCUT2D eigenvalue weighted by Crippen LogP contribution is -2.30. The van der Waals surface area contributed by atoms with Crippen LogP contribution in [0.3, 0.4) is 0 Å². The Morgan fingerprint density at radius 1 is 1.30 bits per heavy atom. The summed E-state index contributed by atoms with van der Waals surface area (Å²) in [5.74, 6) is 0.0304. The van der Waals surface area contributed by atoms with Gasteiger partial charge in [-0.25, -0.2) is 0 Å². The van der Waals surface area contributed by atoms with E-state index in [4.69, 9.17) is 9.15 Å². The maximum absolute atomic E-state index is 12.0. The number of hydrogen-bond donors (Lipinski definition) is 1. The second-order valence-corrected chi connectivity index (χ2v) is 4.28. The van der Waals surface area contributed by atoms with Crippen molar-refractivity contribution in [3.63, 3.8) is 0 Å². The summed E-state index contributed by atoms with van der Waals surface area (Å²) in [6, 6.07) is 8.31. The maximum Gasteiger partial charge on any atom is 0.292 e. The molecule has 2 rings (SSSR count). The molecule has 0 unspecified atom stereocenters. The van der Waals surface area contributed by atoms with E-state index in [1.807, 2.05) is 6.92 Å². The normalized spacial score (nSPS) is 10.1. The molecular weight excluding hydrogens is 258 g/mol. The van der Waals surface area contributed by atoms with Crippen LogP contribution in [0.25, 0.3) is 0 Å². The van der Waals surface area contributed by atoms with E-state index in [2.05, 4.69) is 5.32 Å². The highest BCUT2D eigenvalue weighted by atomic mass is 16.5. The summed E-state index contributed by atoms with van der Waals surface area (Å²) in [6.45, 7) is 2.00. The fourth-order valence-electron chi connectivity index (χ4n) is 1.81. The van der Waals surface area contributed by atoms with Gasteiger partial charge in [0.1, 0.15) is 11.5 Å². The summed E-state index contributed by atoms with van der Waals surface area (Å²) >= 11 is 0. The molecule has 0 atom stereocenters. The van der Waals surface area contributed by atoms with Crippen LogP contribution in [0.2, 0.25) is 0 Å². The number of benzene rings is 1. The molecule has 0 fully saturated rings. The Bertz CT molecular complexity index is 617. The summed E-state index contributed by atoms with van der Waals surface area (Å²) in [5.41, 5.74) is 1.14. The monoisotopic (exact) mass is 273 g/mol. The standard InChI is InChI=1S/C15H15NO4/c1-10-8-11(5-6-13(10)19-2)14(17)15(18)16-9-12-4-3-7-20-12/h3-8H,9H2,1-2H3,(H,16,18). The highest BCUT2D eigenvalue weighted by molar-refractivity contribution is 6.42. The second kappa shape index (κ2) is 6.06. The van der Waals surface area contributed by atoms with Crippen molar-refractivity contribution in [3.8, 4) is 5.75 Å². The number of ether oxygens (including phenoxy) is 1. The van der Waals surface area contributed by atoms with E-state index in [1.54, 1.807) is 37.4 Å². The van der Waals surface area contributed by atoms with Gasteiger partial charge in [0.25, 0.3) is 5.91 Å². The molecule has 20 heavy (non-hydrogen) atoms. The lowest BCUT2D eigenvalue weighted by atomic mass is 10.1. The summed E-state index contributed by atoms with van der Waals surface area (Å²) in [6.07, 6.45) is 1.51. The molecule has 2 aromatic rings. The number of amides is 1. The Balaban J connectivity index is 2.03. The molecule has 1 amide bonds. The number of aryl methyl sites for hydroxylation is 1. The minimum absolute atomic E-state index is 0.187. The second-order valence-electron chi connectivity index (χ2n) is 4.28. The van der Waals surface area contributed by atoms with E-state index in [-0.39, 0.29) is 6.54 Å². The summed E-state index contributed by atoms with van der Waals surface area (Å²) < 4.78 is 10.2. The largest absolute Gasteiger partial charge is 0.496 e. The van der Waals surface area contributed by atoms with Gasteiger partial charge in [-0.1, -0.05) is 0 Å². The molecule has 1 N–H and O–H groups in total. The molecule has 0 spiro atoms. The highest BCUT2D eigenvalue weighted by Crippen LogP contribution is 2.18. The zero-order valence-corrected chi connectivity index (χ0v) is 11.3. The van der Waals surface area contributed by atoms with Crippen LogP contribution in [-0.4, -0.2) is 18.8 Å². The SMILES string of the molecule is COc1ccc(C(=O)C(=O)NCc2ccco2)cc1C. The first-order valence-electron chi connectivity index (χ1n) is 6.11. The Kier molecular flexibility index (Phi) is 4.20. The van der Waals surface area contributed by atoms with E-state index in [0.717, 1.165) is 5.56 Å². The minimum atomic E-state index is -0.661. The number of carbonyl (C=O) groups excluding carboxylic acids is 2. The van der Waals surface area contributed by atoms with Crippen molar-refractivity contribution >= 4 is 11.7 Å². The topological polar surface area (TPSA) is 68.5 Å². The third kappa shape index (κ3) is 3.06. The molecule has 0 bridgehead atoms. The molecule has 0 aliphatic rings. The van der Waals surface area contributed by atoms with E-state index >= 15 is 0 Å². The predicted octanol–water partition coefficient (Wildman–Crippen LogP) is 2.10. The number of hydrogen-bond acceptors (Lipinski definition) is 4. The number of methoxy groups -OCH3 is 1. The molecule has 0 aliphatic carbocycles. The van der Waals surface area contributed by atoms with Crippen molar-refractivity contribution in [2.24, 2.45) is 0 Å². The molecule has 1 heterocycles. The molecule has 104 valence electrons. The van der Waals surface area contributed by atoms with Crippen LogP contribution < -0.4 is 10.1 Å². The fourth-order valence-corrected chi connectivity index (χ4v) is 1.81. The van der Waals surface area contributed by atoms with Crippen LogP contribution in [0.1, 0.15) is 21.7 Å². The Morgan fingerprint density at radius 2 is 2.10 bits per heavy atom. The number of carbonyl (C=O) groups is 2. The van der Waals surface area contributed by atoms with E-state index in [9.17, 15) is 9.59 Å². The van der Waals surface area contributed by atoms with Crippen LogP contribution in [0.4, 0.5) is 0 Å². The van der Waals surface area contributed by atoms with Crippen LogP contribution in [0, 0.1) is 6.92 Å². The van der Waals surface area contributed by atoms with Crippen molar-refractivity contribution in [2.45, 2.75) is 13.5 Å². The van der Waals surface area contributed by atoms with Crippen molar-refractivity contribution in [1.29, 1.82) is 0 Å². The van der Waals surface area contributed by atoms with Crippen LogP contribution in [0.15, 0.2) is 41.0 Å². The van der Waals surface area contributed by atoms with Gasteiger partial charge in [0.15, 0.2) is 0 Å². The summed E-state index contributed by atoms with van der Waals surface area (Å²) in [7, 11) is 1.56. The number of nitrogens with one attached hydrogen (secondary N) is 1. The van der Waals surface area contributed by atoms with Crippen molar-refractivity contribution < 1.29 is 18.7 Å². The average Bonchev–Trinajstić information content (AvgIpc) is 2.97. The summed E-state index contributed by atoms with van der Waals surface area (Å²) in [5, 5.41) is 2.52. The van der Waals surface area contributed by atoms with Gasteiger partial charge in [-0.3, -0.25) is 9.59 Å². The lowest BCUT2D eigenvalue weighted by molar-refractivity contribution is -0.117. The first kappa shape index (κ1) is 13.9. The van der Waals surface area contributed by atoms with E-state index < -0.39 is 11.7 Å². The minimum Gasteiger partial charge on any atom is -0.496 e. The molecular formula is C15H15NO4. The first-order valence-corrected chi connectivity index (χ1v) is 6.11. The van der Waals surface area contributed by atoms with Gasteiger partial charge in [-0.05, 0) is 42.8 Å². The molecule has 1 aromatic carbocycles. The van der Waals surface area contributed by atoms with Gasteiger partial charge in [-0.15, -0.1) is 0 Å². The van der Waals surface area contributed by atoms with Gasteiger partial charge >= 0.3 is 0 Å². The third-order valence-corrected chi connectivity index (χ3v) is 2.87. The zero-order chi connectivity index (χ0) is 14.5. The fraction of sp³-hybridized carbons (Fsp3) is 0.200. The van der Waals surface area contributed by atoms with Crippen LogP contribution in [-0.2, 0) is 11.3 Å². The van der Waals surface area contributed by atoms with Crippen molar-refractivity contribution in [2.75, 3.05) is 7.11 Å². The Hall–Kier alpha value is -2.56. The molecule has 0 aliphatic heterocycles. The number of rotatable bonds is 5. The number of Topliss-reactive ketones (excluding diaryl/α,β-unsaturated/α-hetero) is 1. The number of ketones is 1. The first-order chi connectivity index (χ1) is 9.61. The van der Waals surface area contributed by atoms with Crippen molar-refractivity contribution in [1.82, 2.24) is 5.32 Å². The average molecular weight is 273 g/mol. The molecule has 0 saturated carbocycles. The van der Waals surface area contributed by atoms with Crippen LogP contribution >= 0.6 is 0 Å². The van der Waals surface area contributed by atoms with Gasteiger partial charge in [0.05, 0.1) is 19.9 Å². The predicted molar refractivity (Wildman–Crippen MR) is 72.6 cm³/mol. The van der Waals surface area contributed by atoms with Gasteiger partial charge in [-0.2, -0.15) is 0 Å². The quantitative estimate of drug-likeness (QED) is 0.669.